The van der Waals surface area contributed by atoms with Crippen LogP contribution in [-0.2, 0) is 9.59 Å². The molecule has 2 saturated heterocycles. The van der Waals surface area contributed by atoms with Gasteiger partial charge in [0.15, 0.2) is 0 Å². The second kappa shape index (κ2) is 16.6. The van der Waals surface area contributed by atoms with Crippen molar-refractivity contribution < 1.29 is 9.59 Å². The molecule has 60 heavy (non-hydrogen) atoms. The number of nitrogens with zero attached hydrogens (tertiary/aromatic N) is 6. The summed E-state index contributed by atoms with van der Waals surface area (Å²) >= 11 is 0. The summed E-state index contributed by atoms with van der Waals surface area (Å²) in [5.41, 5.74) is 7.79. The number of likely N-dealkylation sites (tertiary alicyclic amines) is 2. The maximum Gasteiger partial charge on any atom is 0.245 e. The Balaban J connectivity index is 0.901. The molecular formula is C48H52N10O2. The molecule has 2 aliphatic rings. The molecule has 306 valence electrons. The van der Waals surface area contributed by atoms with E-state index in [1.807, 2.05) is 40.3 Å². The first-order valence-corrected chi connectivity index (χ1v) is 21.2. The lowest BCUT2D eigenvalue weighted by molar-refractivity contribution is -0.134. The lowest BCUT2D eigenvalue weighted by atomic mass is 9.99. The number of carbonyl (C=O) groups excluding carboxylic acids is 2. The molecule has 4 atom stereocenters. The Morgan fingerprint density at radius 3 is 1.73 bits per heavy atom. The summed E-state index contributed by atoms with van der Waals surface area (Å²) in [5, 5.41) is 9.15. The van der Waals surface area contributed by atoms with Gasteiger partial charge in [0.1, 0.15) is 23.7 Å². The van der Waals surface area contributed by atoms with Crippen LogP contribution in [0.4, 0.5) is 11.4 Å². The summed E-state index contributed by atoms with van der Waals surface area (Å²) in [6.45, 7) is 9.72. The number of hydrogen-bond donors (Lipinski definition) is 4. The fraction of sp³-hybridized carbons (Fsp3) is 0.333. The predicted octanol–water partition coefficient (Wildman–Crippen LogP) is 9.16. The Morgan fingerprint density at radius 1 is 0.633 bits per heavy atom. The van der Waals surface area contributed by atoms with Gasteiger partial charge in [-0.2, -0.15) is 0 Å². The number of fused-ring (bicyclic) bond motifs is 2. The Kier molecular flexibility index (Phi) is 10.8. The van der Waals surface area contributed by atoms with Crippen molar-refractivity contribution in [3.05, 3.63) is 121 Å². The summed E-state index contributed by atoms with van der Waals surface area (Å²) in [6, 6.07) is 26.0. The largest absolute Gasteiger partial charge is 0.373 e. The zero-order chi connectivity index (χ0) is 41.3. The molecule has 0 radical (unpaired) electrons. The molecule has 12 heteroatoms. The molecule has 9 rings (SSSR count). The van der Waals surface area contributed by atoms with Crippen molar-refractivity contribution in [2.45, 2.75) is 77.5 Å². The molecule has 0 bridgehead atoms. The van der Waals surface area contributed by atoms with Gasteiger partial charge in [-0.05, 0) is 108 Å². The summed E-state index contributed by atoms with van der Waals surface area (Å²) in [7, 11) is 0. The average molecular weight is 801 g/mol. The lowest BCUT2D eigenvalue weighted by Crippen LogP contribution is -2.45. The number of aromatic nitrogens is 6. The van der Waals surface area contributed by atoms with Crippen molar-refractivity contribution in [1.29, 1.82) is 0 Å². The second-order valence-electron chi connectivity index (χ2n) is 16.9. The maximum absolute atomic E-state index is 14.0. The van der Waals surface area contributed by atoms with E-state index in [0.29, 0.717) is 13.1 Å². The van der Waals surface area contributed by atoms with E-state index in [4.69, 9.17) is 9.97 Å². The van der Waals surface area contributed by atoms with Gasteiger partial charge in [0.2, 0.25) is 11.8 Å². The molecule has 0 aliphatic carbocycles. The first-order chi connectivity index (χ1) is 29.2. The molecule has 4 aromatic heterocycles. The van der Waals surface area contributed by atoms with E-state index in [9.17, 15) is 9.59 Å². The predicted molar refractivity (Wildman–Crippen MR) is 237 cm³/mol. The lowest BCUT2D eigenvalue weighted by Gasteiger charge is -2.30. The van der Waals surface area contributed by atoms with Crippen LogP contribution in [0.15, 0.2) is 110 Å². The van der Waals surface area contributed by atoms with Crippen LogP contribution in [0.25, 0.3) is 44.2 Å². The summed E-state index contributed by atoms with van der Waals surface area (Å²) in [6.07, 6.45) is 12.4. The third-order valence-corrected chi connectivity index (χ3v) is 12.2. The number of carbonyl (C=O) groups is 2. The van der Waals surface area contributed by atoms with E-state index in [2.05, 4.69) is 113 Å². The van der Waals surface area contributed by atoms with Crippen molar-refractivity contribution in [2.75, 3.05) is 23.7 Å². The zero-order valence-electron chi connectivity index (χ0n) is 34.6. The van der Waals surface area contributed by atoms with Crippen molar-refractivity contribution in [2.24, 2.45) is 11.8 Å². The Labute approximate surface area is 350 Å². The van der Waals surface area contributed by atoms with Crippen LogP contribution in [-0.4, -0.2) is 76.7 Å². The highest BCUT2D eigenvalue weighted by molar-refractivity contribution is 5.92. The molecule has 2 fully saturated rings. The number of nitrogens with one attached hydrogen (secondary N) is 4. The third-order valence-electron chi connectivity index (χ3n) is 12.2. The van der Waals surface area contributed by atoms with E-state index in [1.165, 1.54) is 0 Å². The van der Waals surface area contributed by atoms with Gasteiger partial charge in [-0.3, -0.25) is 19.6 Å². The second-order valence-corrected chi connectivity index (χ2v) is 16.9. The molecule has 7 aromatic rings. The molecule has 6 heterocycles. The molecule has 2 aliphatic heterocycles. The zero-order valence-corrected chi connectivity index (χ0v) is 34.6. The SMILES string of the molecule is CC(C)C(Nc1ccncc1)C(=O)N1CCCC1c1ncc(-c2ccc3cc(-c4ccc5nc(C6CCCN6C(=O)C(Nc6ccncc6)C(C)C)[nH]c5c4)ccc3c2)[nH]1. The normalized spacial score (nSPS) is 17.8. The fourth-order valence-electron chi connectivity index (χ4n) is 8.88. The molecule has 0 spiro atoms. The quantitative estimate of drug-likeness (QED) is 0.0957. The van der Waals surface area contributed by atoms with E-state index in [-0.39, 0.29) is 47.8 Å². The standard InChI is InChI=1S/C48H52N10O2/c1-29(2)43(52-36-15-19-49-20-16-36)47(59)57-23-5-7-41(57)45-51-28-40(56-45)35-12-11-31-25-32(9-10-33(31)26-35)34-13-14-38-39(27-34)55-46(54-38)42-8-6-24-58(42)48(60)44(30(3)4)53-37-17-21-50-22-18-37/h9-22,25-30,41-44H,5-8,23-24H2,1-4H3,(H,49,52)(H,50,53)(H,51,56)(H,54,55). The molecule has 4 unspecified atom stereocenters. The Morgan fingerprint density at radius 2 is 1.15 bits per heavy atom. The van der Waals surface area contributed by atoms with Gasteiger partial charge in [-0.25, -0.2) is 9.97 Å². The van der Waals surface area contributed by atoms with Crippen LogP contribution >= 0.6 is 0 Å². The van der Waals surface area contributed by atoms with Gasteiger partial charge in [0.25, 0.3) is 0 Å². The Hall–Kier alpha value is -6.56. The monoisotopic (exact) mass is 800 g/mol. The number of imidazole rings is 2. The van der Waals surface area contributed by atoms with Crippen molar-refractivity contribution >= 4 is 45.0 Å². The summed E-state index contributed by atoms with van der Waals surface area (Å²) in [4.78, 5) is 57.1. The highest BCUT2D eigenvalue weighted by Gasteiger charge is 2.38. The third kappa shape index (κ3) is 7.81. The van der Waals surface area contributed by atoms with E-state index < -0.39 is 0 Å². The topological polar surface area (TPSA) is 148 Å². The Bertz CT molecular complexity index is 2620. The molecular weight excluding hydrogens is 749 g/mol. The van der Waals surface area contributed by atoms with E-state index in [1.54, 1.807) is 24.8 Å². The van der Waals surface area contributed by atoms with Crippen molar-refractivity contribution in [1.82, 2.24) is 39.7 Å². The van der Waals surface area contributed by atoms with Crippen LogP contribution < -0.4 is 10.6 Å². The number of anilines is 2. The number of pyridine rings is 2. The van der Waals surface area contributed by atoms with Crippen LogP contribution in [0.3, 0.4) is 0 Å². The van der Waals surface area contributed by atoms with Crippen molar-refractivity contribution in [3.63, 3.8) is 0 Å². The minimum absolute atomic E-state index is 0.0916. The molecule has 3 aromatic carbocycles. The first-order valence-electron chi connectivity index (χ1n) is 21.2. The van der Waals surface area contributed by atoms with E-state index in [0.717, 1.165) is 92.9 Å². The first kappa shape index (κ1) is 38.9. The van der Waals surface area contributed by atoms with Crippen LogP contribution in [0, 0.1) is 11.8 Å². The number of amides is 2. The number of benzene rings is 3. The van der Waals surface area contributed by atoms with Gasteiger partial charge in [0.05, 0.1) is 35.0 Å². The highest BCUT2D eigenvalue weighted by Crippen LogP contribution is 2.36. The summed E-state index contributed by atoms with van der Waals surface area (Å²) in [5.74, 6) is 2.05. The van der Waals surface area contributed by atoms with Crippen LogP contribution in [0.5, 0.6) is 0 Å². The number of H-pyrrole nitrogens is 2. The minimum Gasteiger partial charge on any atom is -0.373 e. The fourth-order valence-corrected chi connectivity index (χ4v) is 8.88. The molecule has 2 amide bonds. The number of aromatic amines is 2. The van der Waals surface area contributed by atoms with E-state index >= 15 is 0 Å². The molecule has 4 N–H and O–H groups in total. The number of rotatable bonds is 12. The van der Waals surface area contributed by atoms with Crippen molar-refractivity contribution in [3.8, 4) is 22.4 Å². The molecule has 0 saturated carbocycles. The minimum atomic E-state index is -0.352. The van der Waals surface area contributed by atoms with Gasteiger partial charge in [0, 0.05) is 54.8 Å². The van der Waals surface area contributed by atoms with Gasteiger partial charge < -0.3 is 30.4 Å². The van der Waals surface area contributed by atoms with Gasteiger partial charge >= 0.3 is 0 Å². The molecule has 12 nitrogen and oxygen atoms in total. The maximum atomic E-state index is 14.0. The summed E-state index contributed by atoms with van der Waals surface area (Å²) < 4.78 is 0. The highest BCUT2D eigenvalue weighted by atomic mass is 16.2. The van der Waals surface area contributed by atoms with Gasteiger partial charge in [-0.15, -0.1) is 0 Å². The van der Waals surface area contributed by atoms with Crippen LogP contribution in [0.2, 0.25) is 0 Å². The van der Waals surface area contributed by atoms with Gasteiger partial charge in [-0.1, -0.05) is 58.0 Å². The number of hydrogen-bond acceptors (Lipinski definition) is 8. The smallest absolute Gasteiger partial charge is 0.245 e. The average Bonchev–Trinajstić information content (AvgIpc) is 4.11. The van der Waals surface area contributed by atoms with Crippen LogP contribution in [0.1, 0.15) is 77.1 Å².